The van der Waals surface area contributed by atoms with Gasteiger partial charge in [-0.15, -0.1) is 126 Å². The zero-order valence-electron chi connectivity index (χ0n) is 69.8. The largest absolute Gasteiger partial charge is 0.461 e. The summed E-state index contributed by atoms with van der Waals surface area (Å²) in [6.07, 6.45) is 22.7. The van der Waals surface area contributed by atoms with Crippen molar-refractivity contribution < 1.29 is 60.7 Å². The van der Waals surface area contributed by atoms with E-state index in [0.29, 0.717) is 10.8 Å². The fraction of sp³-hybridized carbons (Fsp3) is 0.506. The van der Waals surface area contributed by atoms with E-state index in [2.05, 4.69) is 352 Å². The predicted molar refractivity (Wildman–Crippen MR) is 600 cm³/mol. The number of ether oxygens (including phenoxy) is 2. The van der Waals surface area contributed by atoms with Crippen LogP contribution in [0.5, 0.6) is 0 Å². The number of hydrogen-bond donors (Lipinski definition) is 27. The van der Waals surface area contributed by atoms with Gasteiger partial charge >= 0.3 is 29.7 Å². The van der Waals surface area contributed by atoms with E-state index < -0.39 is 42.9 Å². The van der Waals surface area contributed by atoms with E-state index in [1.54, 1.807) is 12.1 Å². The monoisotopic (exact) mass is 2180 g/mol. The van der Waals surface area contributed by atoms with Crippen molar-refractivity contribution in [1.29, 1.82) is 0 Å². The number of carbonyl (C=O) groups excluding carboxylic acids is 2. The van der Waals surface area contributed by atoms with Crippen molar-refractivity contribution in [1.82, 2.24) is 0 Å². The Kier molecular flexibility index (Phi) is 99.6. The molecule has 7 nitrogen and oxygen atoms in total. The summed E-state index contributed by atoms with van der Waals surface area (Å²) in [6, 6.07) is 40.9. The maximum absolute atomic E-state index is 12.2. The fourth-order valence-corrected chi connectivity index (χ4v) is 13.5. The quantitative estimate of drug-likeness (QED) is 0.00842. The van der Waals surface area contributed by atoms with Crippen LogP contribution in [0.15, 0.2) is 176 Å². The first kappa shape index (κ1) is 136. The number of benzene rings is 7. The van der Waals surface area contributed by atoms with Crippen LogP contribution < -0.4 is 0 Å². The van der Waals surface area contributed by atoms with Crippen LogP contribution in [0.1, 0.15) is 143 Å². The SMILES string of the molecule is Cc1cc(C)c(CS)c(C)c1CS.Cc1ccc(S)c(S)c1.O=C(CS)OCCOC(=O)CS.OCC(F)(F)C(F)(F)C(F)(F)CO.OCC(S)CS.SCCCCCCCCCS.SCCCCCCCCS.SCCCCCCS.SCCS.Sc1ccc(Cl)c(S)c1.Sc1ccc(S)cc1.Sc1cccc2c(S)cccc12.Sc1ccccc1S. The van der Waals surface area contributed by atoms with Crippen molar-refractivity contribution in [3.63, 3.8) is 0 Å². The molecule has 7 aromatic rings. The Hall–Kier alpha value is 1.89. The number of hydrogen-bond acceptors (Lipinski definition) is 31. The van der Waals surface area contributed by atoms with Crippen molar-refractivity contribution >= 4 is 337 Å². The Morgan fingerprint density at radius 3 is 0.911 bits per heavy atom. The van der Waals surface area contributed by atoms with Crippen molar-refractivity contribution in [3.05, 3.63) is 166 Å². The van der Waals surface area contributed by atoms with Crippen LogP contribution >= 0.6 is 315 Å². The van der Waals surface area contributed by atoms with Gasteiger partial charge in [-0.05, 0) is 235 Å². The average Bonchev–Trinajstić information content (AvgIpc) is 0.777. The van der Waals surface area contributed by atoms with Gasteiger partial charge in [-0.25, -0.2) is 0 Å². The van der Waals surface area contributed by atoms with Crippen LogP contribution in [0.25, 0.3) is 10.8 Å². The zero-order valence-corrected chi connectivity index (χ0v) is 92.0. The third kappa shape index (κ3) is 74.8. The van der Waals surface area contributed by atoms with Crippen LogP contribution in [0.4, 0.5) is 26.3 Å². The van der Waals surface area contributed by atoms with Gasteiger partial charge in [0.15, 0.2) is 0 Å². The summed E-state index contributed by atoms with van der Waals surface area (Å²) in [7, 11) is 0. The number of aliphatic hydroxyl groups is 3. The van der Waals surface area contributed by atoms with Crippen molar-refractivity contribution in [2.75, 3.05) is 96.3 Å². The van der Waals surface area contributed by atoms with Gasteiger partial charge in [0, 0.05) is 71.5 Å². The lowest BCUT2D eigenvalue weighted by Gasteiger charge is -2.30. The number of fused-ring (bicyclic) bond motifs is 1. The summed E-state index contributed by atoms with van der Waals surface area (Å²) in [5, 5.41) is 26.7. The summed E-state index contributed by atoms with van der Waals surface area (Å²) >= 11 is 104. The van der Waals surface area contributed by atoms with Gasteiger partial charge in [0.2, 0.25) is 0 Å². The minimum absolute atomic E-state index is 0.0283. The highest BCUT2D eigenvalue weighted by molar-refractivity contribution is 7.86. The fourth-order valence-electron chi connectivity index (χ4n) is 8.63. The molecule has 0 aliphatic carbocycles. The molecule has 0 amide bonds. The molecule has 0 aromatic heterocycles. The third-order valence-corrected chi connectivity index (χ3v) is 24.7. The van der Waals surface area contributed by atoms with E-state index in [9.17, 15) is 35.9 Å². The van der Waals surface area contributed by atoms with Gasteiger partial charge in [0.25, 0.3) is 0 Å². The second-order valence-corrected chi connectivity index (χ2v) is 36.8. The second-order valence-electron chi connectivity index (χ2n) is 25.6. The van der Waals surface area contributed by atoms with Gasteiger partial charge < -0.3 is 24.8 Å². The second kappa shape index (κ2) is 90.4. The van der Waals surface area contributed by atoms with Crippen LogP contribution in [0, 0.1) is 27.7 Å². The molecule has 0 aliphatic rings. The molecule has 0 aliphatic heterocycles. The average molecular weight is 2180 g/mol. The smallest absolute Gasteiger partial charge is 0.376 e. The number of rotatable bonds is 34. The minimum atomic E-state index is -5.77. The Balaban J connectivity index is -0.000000304. The first-order valence-corrected chi connectivity index (χ1v) is 52.2. The summed E-state index contributed by atoms with van der Waals surface area (Å²) in [5.41, 5.74) is 7.99. The van der Waals surface area contributed by atoms with Gasteiger partial charge in [0.05, 0.1) is 23.1 Å². The first-order chi connectivity index (χ1) is 58.2. The normalized spacial score (nSPS) is 10.6. The topological polar surface area (TPSA) is 113 Å². The van der Waals surface area contributed by atoms with Crippen LogP contribution in [-0.2, 0) is 30.6 Å². The molecule has 0 spiro atoms. The molecule has 1 unspecified atom stereocenters. The number of alkyl halides is 6. The molecule has 3 N–H and O–H groups in total. The Bertz CT molecular complexity index is 3490. The molecule has 706 valence electrons. The Morgan fingerprint density at radius 2 is 0.675 bits per heavy atom. The van der Waals surface area contributed by atoms with Crippen molar-refractivity contribution in [2.45, 2.75) is 220 Å². The summed E-state index contributed by atoms with van der Waals surface area (Å²) < 4.78 is 81.5. The van der Waals surface area contributed by atoms with Gasteiger partial charge in [-0.1, -0.05) is 131 Å². The van der Waals surface area contributed by atoms with E-state index in [0.717, 1.165) is 117 Å². The van der Waals surface area contributed by atoms with E-state index in [-0.39, 0.29) is 36.6 Å². The highest BCUT2D eigenvalue weighted by atomic mass is 35.5. The first-order valence-electron chi connectivity index (χ1n) is 38.6. The van der Waals surface area contributed by atoms with E-state index in [1.165, 1.54) is 143 Å². The number of thiol groups is 24. The highest BCUT2D eigenvalue weighted by Crippen LogP contribution is 2.45. The lowest BCUT2D eigenvalue weighted by Crippen LogP contribution is -2.57. The molecule has 0 saturated heterocycles. The predicted octanol–water partition coefficient (Wildman–Crippen LogP) is 27.9. The molecule has 0 heterocycles. The molecule has 0 saturated carbocycles. The highest BCUT2D eigenvalue weighted by Gasteiger charge is 2.71. The van der Waals surface area contributed by atoms with Crippen LogP contribution in [0.3, 0.4) is 0 Å². The standard InChI is InChI=1S/C11H16S2.C10H8S2.C9H20S2.C8H18S2.C7H8S2.C6H5ClS2.C6H10O4S2.2C6H6S2.C6H14S2.C5H6F6O2.C3H8OS2.C2H6S2/c1-7-4-8(2)11(6-13)9(3)10(7)5-12;11-9-5-1-3-7-8(9)4-2-6-10(7)12;10-8-6-4-2-1-3-5-7-9-11;9-7-5-3-1-2-4-6-8-10;1-5-2-3-6(8)7(9)4-5;7-5-2-1-4(8)3-6(5)9;7-5(3-11)9-1-2-10-6(8)4-12;7-5-1-2-6(8)4-3-5;7-5-3-1-2-4-6(5)8;7-5-3-1-2-4-6-8;6-3(7,1-12)5(10,11)4(8,9)2-13;4-1-3(6)2-5;3-1-2-4/h4,12-13H,5-6H2,1-3H3;1-6,11-12H;10-11H,1-9H2;9-10H,1-8H2;2-4,8-9H,1H3;1-3,8-9H;11-12H,1-4H2;2*1-4,7-8H;7-8H,1-6H2;12-13H,1-2H2;3-6H,1-2H2;3-4H,1-2H2. The molecular formula is C85H131ClF6O7S24. The van der Waals surface area contributed by atoms with Crippen LogP contribution in [0.2, 0.25) is 5.02 Å². The van der Waals surface area contributed by atoms with E-state index in [1.807, 2.05) is 104 Å². The van der Waals surface area contributed by atoms with Gasteiger partial charge in [-0.2, -0.15) is 203 Å². The number of aryl methyl sites for hydroxylation is 3. The van der Waals surface area contributed by atoms with E-state index >= 15 is 0 Å². The number of carbonyl (C=O) groups is 2. The summed E-state index contributed by atoms with van der Waals surface area (Å²) in [6.45, 7) is 3.90. The molecule has 0 radical (unpaired) electrons. The lowest BCUT2D eigenvalue weighted by molar-refractivity contribution is -0.323. The number of esters is 2. The Labute approximate surface area is 870 Å². The van der Waals surface area contributed by atoms with Gasteiger partial charge in [-0.3, -0.25) is 9.59 Å². The molecule has 0 bridgehead atoms. The number of unbranched alkanes of at least 4 members (excludes halogenated alkanes) is 14. The molecule has 123 heavy (non-hydrogen) atoms. The molecular weight excluding hydrogens is 2050 g/mol. The maximum Gasteiger partial charge on any atom is 0.376 e. The van der Waals surface area contributed by atoms with Gasteiger partial charge in [0.1, 0.15) is 26.4 Å². The summed E-state index contributed by atoms with van der Waals surface area (Å²) in [5.74, 6) is -6.81. The third-order valence-electron chi connectivity index (χ3n) is 15.4. The number of aliphatic hydroxyl groups excluding tert-OH is 3. The van der Waals surface area contributed by atoms with Crippen LogP contribution in [-0.4, -0.2) is 147 Å². The molecule has 7 rings (SSSR count). The molecule has 0 fully saturated rings. The molecule has 38 heteroatoms. The van der Waals surface area contributed by atoms with E-state index in [4.69, 9.17) is 26.9 Å². The molecule has 7 aromatic carbocycles. The molecule has 1 atom stereocenters. The number of halogens is 7. The Morgan fingerprint density at radius 1 is 0.366 bits per heavy atom. The zero-order chi connectivity index (χ0) is 95.2. The van der Waals surface area contributed by atoms with Crippen molar-refractivity contribution in [2.24, 2.45) is 0 Å². The van der Waals surface area contributed by atoms with Crippen molar-refractivity contribution in [3.8, 4) is 0 Å². The summed E-state index contributed by atoms with van der Waals surface area (Å²) in [4.78, 5) is 30.3. The lowest BCUT2D eigenvalue weighted by atomic mass is 9.95. The minimum Gasteiger partial charge on any atom is -0.461 e. The maximum atomic E-state index is 12.2.